The molecule has 0 saturated heterocycles. The topological polar surface area (TPSA) is 61.2 Å². The van der Waals surface area contributed by atoms with Gasteiger partial charge in [0.05, 0.1) is 18.9 Å². The summed E-state index contributed by atoms with van der Waals surface area (Å²) in [4.78, 5) is 0. The summed E-state index contributed by atoms with van der Waals surface area (Å²) in [6.45, 7) is 12.2. The SMILES string of the molecule is CCOc1ccc(-n2c(C)c3c(C)nnc(NCc4ccccc4OCC)c3c2C)cc1. The van der Waals surface area contributed by atoms with Crippen LogP contribution in [0, 0.1) is 20.8 Å². The third-order valence-electron chi connectivity index (χ3n) is 5.67. The molecule has 32 heavy (non-hydrogen) atoms. The van der Waals surface area contributed by atoms with E-state index in [9.17, 15) is 0 Å². The first-order valence-electron chi connectivity index (χ1n) is 11.1. The van der Waals surface area contributed by atoms with Crippen molar-refractivity contribution in [1.29, 1.82) is 0 Å². The van der Waals surface area contributed by atoms with Gasteiger partial charge in [0.2, 0.25) is 0 Å². The number of aryl methyl sites for hydroxylation is 3. The number of benzene rings is 2. The molecule has 0 atom stereocenters. The fourth-order valence-electron chi connectivity index (χ4n) is 4.29. The van der Waals surface area contributed by atoms with Crippen LogP contribution in [0.2, 0.25) is 0 Å². The molecule has 0 spiro atoms. The molecule has 1 N–H and O–H groups in total. The van der Waals surface area contributed by atoms with E-state index in [1.807, 2.05) is 51.1 Å². The largest absolute Gasteiger partial charge is 0.494 e. The Bertz CT molecular complexity index is 1230. The van der Waals surface area contributed by atoms with Crippen molar-refractivity contribution in [2.24, 2.45) is 0 Å². The molecule has 0 saturated carbocycles. The van der Waals surface area contributed by atoms with Crippen LogP contribution in [0.15, 0.2) is 48.5 Å². The molecule has 0 radical (unpaired) electrons. The van der Waals surface area contributed by atoms with E-state index in [4.69, 9.17) is 9.47 Å². The molecular formula is C26H30N4O2. The molecule has 0 aliphatic heterocycles. The Morgan fingerprint density at radius 1 is 0.812 bits per heavy atom. The highest BCUT2D eigenvalue weighted by atomic mass is 16.5. The normalized spacial score (nSPS) is 11.0. The number of nitrogens with one attached hydrogen (secondary N) is 1. The average Bonchev–Trinajstić information content (AvgIpc) is 3.07. The van der Waals surface area contributed by atoms with Crippen molar-refractivity contribution < 1.29 is 9.47 Å². The number of ether oxygens (including phenoxy) is 2. The van der Waals surface area contributed by atoms with E-state index < -0.39 is 0 Å². The summed E-state index contributed by atoms with van der Waals surface area (Å²) in [6, 6.07) is 16.3. The Labute approximate surface area is 189 Å². The molecule has 0 unspecified atom stereocenters. The molecule has 6 nitrogen and oxygen atoms in total. The maximum absolute atomic E-state index is 5.77. The van der Waals surface area contributed by atoms with Crippen LogP contribution in [0.1, 0.15) is 36.5 Å². The monoisotopic (exact) mass is 430 g/mol. The Morgan fingerprint density at radius 3 is 2.22 bits per heavy atom. The van der Waals surface area contributed by atoms with Crippen molar-refractivity contribution in [3.8, 4) is 17.2 Å². The van der Waals surface area contributed by atoms with E-state index >= 15 is 0 Å². The van der Waals surface area contributed by atoms with Crippen LogP contribution in [0.3, 0.4) is 0 Å². The van der Waals surface area contributed by atoms with Gasteiger partial charge in [0, 0.05) is 40.0 Å². The van der Waals surface area contributed by atoms with Gasteiger partial charge in [0.1, 0.15) is 11.5 Å². The van der Waals surface area contributed by atoms with E-state index in [-0.39, 0.29) is 0 Å². The molecule has 2 aromatic heterocycles. The van der Waals surface area contributed by atoms with E-state index in [1.165, 1.54) is 0 Å². The van der Waals surface area contributed by atoms with Gasteiger partial charge in [0.15, 0.2) is 5.82 Å². The number of rotatable bonds is 8. The summed E-state index contributed by atoms with van der Waals surface area (Å²) in [5.74, 6) is 2.54. The highest BCUT2D eigenvalue weighted by molar-refractivity contribution is 5.98. The lowest BCUT2D eigenvalue weighted by atomic mass is 10.1. The van der Waals surface area contributed by atoms with Crippen molar-refractivity contribution in [2.45, 2.75) is 41.2 Å². The fraction of sp³-hybridized carbons (Fsp3) is 0.308. The fourth-order valence-corrected chi connectivity index (χ4v) is 4.29. The van der Waals surface area contributed by atoms with E-state index in [0.717, 1.165) is 56.4 Å². The Morgan fingerprint density at radius 2 is 1.50 bits per heavy atom. The Hall–Kier alpha value is -3.54. The summed E-state index contributed by atoms with van der Waals surface area (Å²) in [5, 5.41) is 14.7. The zero-order valence-electron chi connectivity index (χ0n) is 19.4. The molecule has 166 valence electrons. The predicted molar refractivity (Wildman–Crippen MR) is 129 cm³/mol. The number of nitrogens with zero attached hydrogens (tertiary/aromatic N) is 3. The predicted octanol–water partition coefficient (Wildman–Crippen LogP) is 5.76. The molecular weight excluding hydrogens is 400 g/mol. The summed E-state index contributed by atoms with van der Waals surface area (Å²) < 4.78 is 13.6. The second-order valence-electron chi connectivity index (χ2n) is 7.71. The van der Waals surface area contributed by atoms with Crippen LogP contribution in [0.5, 0.6) is 11.5 Å². The second-order valence-corrected chi connectivity index (χ2v) is 7.71. The molecule has 6 heteroatoms. The van der Waals surface area contributed by atoms with Crippen LogP contribution in [0.4, 0.5) is 5.82 Å². The van der Waals surface area contributed by atoms with Crippen molar-refractivity contribution in [3.05, 3.63) is 71.2 Å². The van der Waals surface area contributed by atoms with Gasteiger partial charge < -0.3 is 19.4 Å². The lowest BCUT2D eigenvalue weighted by Crippen LogP contribution is -2.06. The number of anilines is 1. The number of hydrogen-bond donors (Lipinski definition) is 1. The zero-order chi connectivity index (χ0) is 22.7. The quantitative estimate of drug-likeness (QED) is 0.385. The van der Waals surface area contributed by atoms with Crippen molar-refractivity contribution >= 4 is 16.6 Å². The van der Waals surface area contributed by atoms with Gasteiger partial charge in [-0.25, -0.2) is 0 Å². The number of fused-ring (bicyclic) bond motifs is 1. The second kappa shape index (κ2) is 9.30. The third kappa shape index (κ3) is 4.00. The van der Waals surface area contributed by atoms with Gasteiger partial charge in [-0.3, -0.25) is 0 Å². The molecule has 2 aromatic carbocycles. The summed E-state index contributed by atoms with van der Waals surface area (Å²) in [7, 11) is 0. The van der Waals surface area contributed by atoms with Gasteiger partial charge in [-0.15, -0.1) is 5.10 Å². The van der Waals surface area contributed by atoms with E-state index in [1.54, 1.807) is 0 Å². The van der Waals surface area contributed by atoms with Gasteiger partial charge in [-0.1, -0.05) is 18.2 Å². The highest BCUT2D eigenvalue weighted by Crippen LogP contribution is 2.34. The van der Waals surface area contributed by atoms with Crippen molar-refractivity contribution in [1.82, 2.24) is 14.8 Å². The maximum Gasteiger partial charge on any atom is 0.158 e. The number of aromatic nitrogens is 3. The molecule has 0 amide bonds. The maximum atomic E-state index is 5.77. The third-order valence-corrected chi connectivity index (χ3v) is 5.67. The van der Waals surface area contributed by atoms with Crippen LogP contribution >= 0.6 is 0 Å². The van der Waals surface area contributed by atoms with Crippen LogP contribution in [-0.4, -0.2) is 28.0 Å². The van der Waals surface area contributed by atoms with Crippen LogP contribution in [0.25, 0.3) is 16.5 Å². The first-order valence-corrected chi connectivity index (χ1v) is 11.1. The molecule has 0 fully saturated rings. The summed E-state index contributed by atoms with van der Waals surface area (Å²) in [5.41, 5.74) is 5.37. The minimum atomic E-state index is 0.607. The first kappa shape index (κ1) is 21.7. The van der Waals surface area contributed by atoms with Crippen molar-refractivity contribution in [2.75, 3.05) is 18.5 Å². The Kier molecular flexibility index (Phi) is 6.30. The zero-order valence-corrected chi connectivity index (χ0v) is 19.4. The van der Waals surface area contributed by atoms with Gasteiger partial charge in [0.25, 0.3) is 0 Å². The number of hydrogen-bond acceptors (Lipinski definition) is 5. The molecule has 4 rings (SSSR count). The molecule has 4 aromatic rings. The summed E-state index contributed by atoms with van der Waals surface area (Å²) >= 11 is 0. The minimum Gasteiger partial charge on any atom is -0.494 e. The van der Waals surface area contributed by atoms with E-state index in [2.05, 4.69) is 52.1 Å². The molecule has 0 aliphatic rings. The Balaban J connectivity index is 1.74. The lowest BCUT2D eigenvalue weighted by molar-refractivity contribution is 0.337. The molecule has 0 bridgehead atoms. The molecule has 2 heterocycles. The van der Waals surface area contributed by atoms with Crippen LogP contribution < -0.4 is 14.8 Å². The highest BCUT2D eigenvalue weighted by Gasteiger charge is 2.19. The standard InChI is InChI=1S/C26H30N4O2/c1-6-31-22-14-12-21(13-15-22)30-18(4)24-17(3)28-29-26(25(24)19(30)5)27-16-20-10-8-9-11-23(20)32-7-2/h8-15H,6-7,16H2,1-5H3,(H,27,29). The first-order chi connectivity index (χ1) is 15.5. The van der Waals surface area contributed by atoms with Gasteiger partial charge in [-0.05, 0) is 65.0 Å². The number of para-hydroxylation sites is 1. The van der Waals surface area contributed by atoms with E-state index in [0.29, 0.717) is 19.8 Å². The summed E-state index contributed by atoms with van der Waals surface area (Å²) in [6.07, 6.45) is 0. The molecule has 0 aliphatic carbocycles. The van der Waals surface area contributed by atoms with Crippen LogP contribution in [-0.2, 0) is 6.54 Å². The smallest absolute Gasteiger partial charge is 0.158 e. The van der Waals surface area contributed by atoms with Gasteiger partial charge >= 0.3 is 0 Å². The minimum absolute atomic E-state index is 0.607. The van der Waals surface area contributed by atoms with Gasteiger partial charge in [-0.2, -0.15) is 5.10 Å². The average molecular weight is 431 g/mol. The van der Waals surface area contributed by atoms with Crippen molar-refractivity contribution in [3.63, 3.8) is 0 Å². The lowest BCUT2D eigenvalue weighted by Gasteiger charge is -2.12.